The first-order chi connectivity index (χ1) is 16.5. The molecule has 1 fully saturated rings. The van der Waals surface area contributed by atoms with Gasteiger partial charge in [0, 0.05) is 30.1 Å². The lowest BCUT2D eigenvalue weighted by atomic mass is 10.0. The molecular formula is C23H23F3N5O4+. The van der Waals surface area contributed by atoms with Gasteiger partial charge in [-0.05, 0) is 36.8 Å². The number of amides is 2. The van der Waals surface area contributed by atoms with E-state index < -0.39 is 34.6 Å². The van der Waals surface area contributed by atoms with Crippen molar-refractivity contribution in [3.63, 3.8) is 0 Å². The van der Waals surface area contributed by atoms with Gasteiger partial charge in [-0.25, -0.2) is 9.48 Å². The van der Waals surface area contributed by atoms with Crippen LogP contribution in [0.4, 0.5) is 18.9 Å². The third-order valence-corrected chi connectivity index (χ3v) is 6.02. The van der Waals surface area contributed by atoms with Crippen LogP contribution in [-0.2, 0) is 14.4 Å². The van der Waals surface area contributed by atoms with Crippen molar-refractivity contribution in [2.24, 2.45) is 5.73 Å². The van der Waals surface area contributed by atoms with E-state index in [4.69, 9.17) is 10.6 Å². The van der Waals surface area contributed by atoms with Gasteiger partial charge in [0.15, 0.2) is 0 Å². The van der Waals surface area contributed by atoms with Crippen LogP contribution in [0.3, 0.4) is 0 Å². The van der Waals surface area contributed by atoms with Crippen LogP contribution < -0.4 is 11.1 Å². The lowest BCUT2D eigenvalue weighted by Gasteiger charge is -2.39. The SMILES string of the molecule is C[N+]1(OC(=O)C(F)(F)F)CCCCC1C(=O)Nc1ccc(-n2cc3cccc(C(N)=O)c3n2)cc1. The maximum Gasteiger partial charge on any atom is 0.497 e. The van der Waals surface area contributed by atoms with Crippen LogP contribution in [0.25, 0.3) is 16.6 Å². The standard InChI is InChI=1S/C23H22F3N5O4/c1-31(35-22(34)23(24,25)26)12-3-2-7-18(31)21(33)28-15-8-10-16(11-9-15)30-13-14-5-4-6-17(20(27)32)19(14)29-30/h4-6,8-11,13,18H,2-3,7,12H2,1H3,(H2-,27,28,32,33)/p+1. The first-order valence-electron chi connectivity index (χ1n) is 10.8. The fraction of sp³-hybridized carbons (Fsp3) is 0.304. The maximum atomic E-state index is 12.9. The minimum Gasteiger partial charge on any atom is -0.366 e. The van der Waals surface area contributed by atoms with Crippen molar-refractivity contribution < 1.29 is 37.0 Å². The molecule has 2 unspecified atom stereocenters. The Morgan fingerprint density at radius 3 is 2.51 bits per heavy atom. The average molecular weight is 490 g/mol. The lowest BCUT2D eigenvalue weighted by molar-refractivity contribution is -1.09. The number of hydrogen-bond acceptors (Lipinski definition) is 5. The molecule has 3 N–H and O–H groups in total. The molecule has 1 aliphatic rings. The molecule has 1 aromatic heterocycles. The minimum atomic E-state index is -5.15. The number of hydroxylamine groups is 3. The highest BCUT2D eigenvalue weighted by Crippen LogP contribution is 2.29. The number of benzene rings is 2. The minimum absolute atomic E-state index is 0.0962. The van der Waals surface area contributed by atoms with E-state index in [0.717, 1.165) is 5.39 Å². The lowest BCUT2D eigenvalue weighted by Crippen LogP contribution is -2.61. The zero-order valence-corrected chi connectivity index (χ0v) is 18.7. The molecule has 1 saturated heterocycles. The van der Waals surface area contributed by atoms with Crippen LogP contribution in [0.2, 0.25) is 0 Å². The fourth-order valence-electron chi connectivity index (χ4n) is 4.22. The van der Waals surface area contributed by atoms with Crippen molar-refractivity contribution >= 4 is 34.4 Å². The molecule has 12 heteroatoms. The second-order valence-electron chi connectivity index (χ2n) is 8.50. The fourth-order valence-corrected chi connectivity index (χ4v) is 4.22. The van der Waals surface area contributed by atoms with E-state index in [1.165, 1.54) is 7.05 Å². The predicted molar refractivity (Wildman–Crippen MR) is 119 cm³/mol. The summed E-state index contributed by atoms with van der Waals surface area (Å²) in [6, 6.07) is 10.7. The van der Waals surface area contributed by atoms with Crippen molar-refractivity contribution in [3.05, 3.63) is 54.2 Å². The molecule has 1 aliphatic heterocycles. The number of hydrogen-bond donors (Lipinski definition) is 2. The van der Waals surface area contributed by atoms with Crippen molar-refractivity contribution in [3.8, 4) is 5.69 Å². The predicted octanol–water partition coefficient (Wildman–Crippen LogP) is 3.08. The smallest absolute Gasteiger partial charge is 0.366 e. The number of nitrogens with zero attached hydrogens (tertiary/aromatic N) is 3. The van der Waals surface area contributed by atoms with Gasteiger partial charge in [0.05, 0.1) is 11.3 Å². The number of primary amides is 1. The molecule has 3 aromatic rings. The normalized spacial score (nSPS) is 20.4. The number of nitrogens with two attached hydrogens (primary N) is 1. The topological polar surface area (TPSA) is 116 Å². The number of carbonyl (C=O) groups is 3. The number of aromatic nitrogens is 2. The molecule has 184 valence electrons. The Labute approximate surface area is 197 Å². The summed E-state index contributed by atoms with van der Waals surface area (Å²) in [5.41, 5.74) is 7.22. The first kappa shape index (κ1) is 24.2. The van der Waals surface area contributed by atoms with Crippen molar-refractivity contribution in [2.75, 3.05) is 18.9 Å². The molecule has 0 bridgehead atoms. The molecule has 0 radical (unpaired) electrons. The van der Waals surface area contributed by atoms with Crippen LogP contribution in [-0.4, -0.2) is 58.0 Å². The van der Waals surface area contributed by atoms with Crippen molar-refractivity contribution in [1.29, 1.82) is 0 Å². The van der Waals surface area contributed by atoms with E-state index in [1.54, 1.807) is 53.3 Å². The Hall–Kier alpha value is -3.93. The van der Waals surface area contributed by atoms with Crippen molar-refractivity contribution in [2.45, 2.75) is 31.5 Å². The molecule has 0 aliphatic carbocycles. The van der Waals surface area contributed by atoms with Gasteiger partial charge in [0.1, 0.15) is 19.1 Å². The second-order valence-corrected chi connectivity index (χ2v) is 8.50. The van der Waals surface area contributed by atoms with Gasteiger partial charge < -0.3 is 11.1 Å². The summed E-state index contributed by atoms with van der Waals surface area (Å²) in [6.07, 6.45) is -2.00. The molecule has 35 heavy (non-hydrogen) atoms. The number of anilines is 1. The van der Waals surface area contributed by atoms with Gasteiger partial charge in [-0.1, -0.05) is 12.1 Å². The van der Waals surface area contributed by atoms with E-state index >= 15 is 0 Å². The number of nitrogens with one attached hydrogen (secondary N) is 1. The van der Waals surface area contributed by atoms with Gasteiger partial charge >= 0.3 is 12.1 Å². The summed E-state index contributed by atoms with van der Waals surface area (Å²) >= 11 is 0. The average Bonchev–Trinajstić information content (AvgIpc) is 3.23. The van der Waals surface area contributed by atoms with Crippen LogP contribution in [0, 0.1) is 0 Å². The number of alkyl halides is 3. The van der Waals surface area contributed by atoms with Crippen LogP contribution in [0.15, 0.2) is 48.7 Å². The van der Waals surface area contributed by atoms with Crippen LogP contribution >= 0.6 is 0 Å². The maximum absolute atomic E-state index is 12.9. The highest BCUT2D eigenvalue weighted by molar-refractivity contribution is 6.04. The number of carbonyl (C=O) groups excluding carboxylic acids is 3. The molecule has 0 spiro atoms. The molecular weight excluding hydrogens is 467 g/mol. The molecule has 2 aromatic carbocycles. The Bertz CT molecular complexity index is 1290. The van der Waals surface area contributed by atoms with Gasteiger partial charge in [0.25, 0.3) is 11.8 Å². The molecule has 9 nitrogen and oxygen atoms in total. The van der Waals surface area contributed by atoms with Crippen LogP contribution in [0.5, 0.6) is 0 Å². The molecule has 4 rings (SSSR count). The highest BCUT2D eigenvalue weighted by atomic mass is 19.4. The van der Waals surface area contributed by atoms with E-state index in [2.05, 4.69) is 10.4 Å². The molecule has 2 atom stereocenters. The zero-order chi connectivity index (χ0) is 25.4. The van der Waals surface area contributed by atoms with Gasteiger partial charge in [-0.2, -0.15) is 18.3 Å². The summed E-state index contributed by atoms with van der Waals surface area (Å²) in [4.78, 5) is 40.7. The number of rotatable bonds is 5. The first-order valence-corrected chi connectivity index (χ1v) is 10.8. The second kappa shape index (κ2) is 9.02. The Balaban J connectivity index is 1.50. The van der Waals surface area contributed by atoms with E-state index in [1.807, 2.05) is 0 Å². The third kappa shape index (κ3) is 4.97. The number of piperidine rings is 1. The quantitative estimate of drug-likeness (QED) is 0.534. The Morgan fingerprint density at radius 1 is 1.14 bits per heavy atom. The molecule has 2 amide bonds. The number of fused-ring (bicyclic) bond motifs is 1. The van der Waals surface area contributed by atoms with Gasteiger partial charge in [0.2, 0.25) is 6.04 Å². The number of likely N-dealkylation sites (tertiary alicyclic amines) is 1. The third-order valence-electron chi connectivity index (χ3n) is 6.02. The zero-order valence-electron chi connectivity index (χ0n) is 18.7. The summed E-state index contributed by atoms with van der Waals surface area (Å²) in [6.45, 7) is 0.0962. The van der Waals surface area contributed by atoms with Crippen LogP contribution in [0.1, 0.15) is 29.6 Å². The van der Waals surface area contributed by atoms with E-state index in [9.17, 15) is 27.6 Å². The summed E-state index contributed by atoms with van der Waals surface area (Å²) in [5, 5.41) is 7.83. The van der Waals surface area contributed by atoms with Crippen molar-refractivity contribution in [1.82, 2.24) is 9.78 Å². The summed E-state index contributed by atoms with van der Waals surface area (Å²) in [5.74, 6) is -3.46. The van der Waals surface area contributed by atoms with Gasteiger partial charge in [-0.15, -0.1) is 4.65 Å². The van der Waals surface area contributed by atoms with E-state index in [0.29, 0.717) is 35.3 Å². The number of halogens is 3. The monoisotopic (exact) mass is 490 g/mol. The molecule has 0 saturated carbocycles. The number of likely N-dealkylation sites (N-methyl/N-ethyl adjacent to an activating group) is 1. The Morgan fingerprint density at radius 2 is 1.86 bits per heavy atom. The molecule has 2 heterocycles. The summed E-state index contributed by atoms with van der Waals surface area (Å²) in [7, 11) is 1.30. The van der Waals surface area contributed by atoms with Gasteiger partial charge in [-0.3, -0.25) is 14.4 Å². The Kier molecular flexibility index (Phi) is 6.24. The number of quaternary nitrogens is 1. The van der Waals surface area contributed by atoms with E-state index in [-0.39, 0.29) is 13.0 Å². The summed E-state index contributed by atoms with van der Waals surface area (Å²) < 4.78 is 39.0. The largest absolute Gasteiger partial charge is 0.497 e. The highest BCUT2D eigenvalue weighted by Gasteiger charge is 2.51.